The molecule has 18 aromatic rings. The molecule has 652 valence electrons. The Balaban J connectivity index is 0.000000189. The summed E-state index contributed by atoms with van der Waals surface area (Å²) in [6.07, 6.45) is 45.1. The van der Waals surface area contributed by atoms with E-state index >= 15 is 0 Å². The van der Waals surface area contributed by atoms with E-state index in [0.29, 0.717) is 0 Å². The van der Waals surface area contributed by atoms with Gasteiger partial charge in [-0.3, -0.25) is 0 Å². The third-order valence-corrected chi connectivity index (χ3v) is 23.4. The standard InChI is InChI=1S/C67H54N2.C66H51N/c1-53-25-43-63(44-26-53)69(66-47-37-57(38-48-66)22-14-12-20-55-17-7-3-8-18-55)67-51-41-61(42-52-67)34-32-59-29-27-58(28-30-59)31-33-60-39-49-65(50-40-60)68(62-23-9-4-10-24-62)64-45-35-56(36-46-64)21-13-11-19-54-15-5-2-6-16-54;1-7-25-55(26-8-1)64(56-27-9-2-10-28-56)37-19-22-52-40-46-61(47-41-52)67(62-48-42-53(43-49-62)23-20-38-65(57-29-11-3-12-30-57)58-31-13-4-14-32-58)63-50-44-54(45-51-63)24-21-39-66(59-33-15-5-16-34-59)60-35-17-6-18-36-60/h2-52H,1H3;1-51H/b19-11+,20-12+,21-13+,22-14+,33-31+,34-32+;. The summed E-state index contributed by atoms with van der Waals surface area (Å²) in [6, 6.07) is 173. The molecule has 18 rings (SSSR count). The lowest BCUT2D eigenvalue weighted by Crippen LogP contribution is -2.09. The number of para-hydroxylation sites is 1. The van der Waals surface area contributed by atoms with E-state index in [2.05, 4.69) is 628 Å². The largest absolute Gasteiger partial charge is 0.311 e. The van der Waals surface area contributed by atoms with Crippen molar-refractivity contribution in [2.45, 2.75) is 6.92 Å². The number of allylic oxidation sites excluding steroid dienone is 10. The van der Waals surface area contributed by atoms with Gasteiger partial charge < -0.3 is 14.7 Å². The van der Waals surface area contributed by atoms with Crippen molar-refractivity contribution < 1.29 is 0 Å². The summed E-state index contributed by atoms with van der Waals surface area (Å²) in [5, 5.41) is 0. The van der Waals surface area contributed by atoms with E-state index in [1.165, 1.54) is 66.8 Å². The van der Waals surface area contributed by atoms with Crippen molar-refractivity contribution in [1.82, 2.24) is 0 Å². The van der Waals surface area contributed by atoms with E-state index in [-0.39, 0.29) is 0 Å². The highest BCUT2D eigenvalue weighted by molar-refractivity contribution is 5.87. The third kappa shape index (κ3) is 25.5. The van der Waals surface area contributed by atoms with Gasteiger partial charge in [0.25, 0.3) is 0 Å². The van der Waals surface area contributed by atoms with Crippen LogP contribution < -0.4 is 14.7 Å². The number of rotatable bonds is 31. The quantitative estimate of drug-likeness (QED) is 0.0317. The van der Waals surface area contributed by atoms with Crippen molar-refractivity contribution in [3.63, 3.8) is 0 Å². The molecule has 0 fully saturated rings. The van der Waals surface area contributed by atoms with Crippen LogP contribution in [0.5, 0.6) is 0 Å². The van der Waals surface area contributed by atoms with E-state index in [1.807, 2.05) is 12.1 Å². The number of anilines is 9. The normalized spacial score (nSPS) is 11.4. The monoisotopic (exact) mass is 1740 g/mol. The van der Waals surface area contributed by atoms with Gasteiger partial charge in [-0.15, -0.1) is 0 Å². The van der Waals surface area contributed by atoms with Gasteiger partial charge in [0.05, 0.1) is 0 Å². The molecule has 0 spiro atoms. The van der Waals surface area contributed by atoms with Crippen LogP contribution in [0.4, 0.5) is 51.2 Å². The maximum Gasteiger partial charge on any atom is 0.0462 e. The second-order valence-corrected chi connectivity index (χ2v) is 32.9. The first kappa shape index (κ1) is 90.2. The molecular weight excluding hydrogens is 1640 g/mol. The van der Waals surface area contributed by atoms with Crippen LogP contribution >= 0.6 is 0 Å². The summed E-state index contributed by atoms with van der Waals surface area (Å²) in [5.74, 6) is 0. The van der Waals surface area contributed by atoms with Gasteiger partial charge in [0.15, 0.2) is 0 Å². The highest BCUT2D eigenvalue weighted by Gasteiger charge is 2.17. The van der Waals surface area contributed by atoms with Gasteiger partial charge in [-0.25, -0.2) is 0 Å². The van der Waals surface area contributed by atoms with Crippen LogP contribution in [0, 0.1) is 6.92 Å². The van der Waals surface area contributed by atoms with Crippen LogP contribution in [-0.2, 0) is 0 Å². The van der Waals surface area contributed by atoms with Crippen molar-refractivity contribution >= 4 is 135 Å². The zero-order valence-corrected chi connectivity index (χ0v) is 76.2. The van der Waals surface area contributed by atoms with Crippen molar-refractivity contribution in [2.75, 3.05) is 14.7 Å². The SMILES string of the molecule is C(=Cc1ccc(N(c2ccc(C=CC=C(c3ccccc3)c3ccccc3)cc2)c2ccc(C=CC=C(c3ccccc3)c3ccccc3)cc2)cc1)C=C(c1ccccc1)c1ccccc1.Cc1ccc(N(c2ccc(/C=C/C=C/c3ccccc3)cc2)c2ccc(/C=C/c3ccc(/C=C/c4ccc(N(c5ccccc5)c5ccc(/C=C/C=C/c6ccccc6)cc5)cc4)cc3)cc2)cc1. The Kier molecular flexibility index (Phi) is 31.3. The maximum atomic E-state index is 2.32. The summed E-state index contributed by atoms with van der Waals surface area (Å²) in [6.45, 7) is 2.13. The lowest BCUT2D eigenvalue weighted by atomic mass is 9.97. The molecule has 0 unspecified atom stereocenters. The molecule has 18 aromatic carbocycles. The first-order valence-corrected chi connectivity index (χ1v) is 46.3. The fraction of sp³-hybridized carbons (Fsp3) is 0.00752. The molecule has 0 amide bonds. The summed E-state index contributed by atoms with van der Waals surface area (Å²) in [7, 11) is 0. The second-order valence-electron chi connectivity index (χ2n) is 32.9. The molecule has 3 nitrogen and oxygen atoms in total. The summed E-state index contributed by atoms with van der Waals surface area (Å²) < 4.78 is 0. The molecule has 0 N–H and O–H groups in total. The molecule has 0 aliphatic carbocycles. The Morgan fingerprint density at radius 2 is 0.272 bits per heavy atom. The van der Waals surface area contributed by atoms with E-state index < -0.39 is 0 Å². The van der Waals surface area contributed by atoms with E-state index in [9.17, 15) is 0 Å². The average molecular weight is 1750 g/mol. The molecule has 0 radical (unpaired) electrons. The highest BCUT2D eigenvalue weighted by atomic mass is 15.2. The lowest BCUT2D eigenvalue weighted by molar-refractivity contribution is 1.27. The number of aryl methyl sites for hydroxylation is 1. The molecular formula is C133H105N3. The third-order valence-electron chi connectivity index (χ3n) is 23.4. The van der Waals surface area contributed by atoms with Crippen LogP contribution in [0.15, 0.2) is 552 Å². The predicted molar refractivity (Wildman–Crippen MR) is 588 cm³/mol. The number of benzene rings is 18. The Morgan fingerprint density at radius 1 is 0.132 bits per heavy atom. The average Bonchev–Trinajstić information content (AvgIpc) is 0.609. The Hall–Kier alpha value is -17.8. The van der Waals surface area contributed by atoms with Gasteiger partial charge in [0.2, 0.25) is 0 Å². The van der Waals surface area contributed by atoms with Gasteiger partial charge >= 0.3 is 0 Å². The minimum atomic E-state index is 1.07. The molecule has 0 saturated carbocycles. The van der Waals surface area contributed by atoms with Crippen molar-refractivity contribution in [3.05, 3.63) is 652 Å². The second kappa shape index (κ2) is 47.2. The zero-order valence-electron chi connectivity index (χ0n) is 76.2. The molecule has 0 aromatic heterocycles. The number of hydrogen-bond acceptors (Lipinski definition) is 3. The Morgan fingerprint density at radius 3 is 0.471 bits per heavy atom. The van der Waals surface area contributed by atoms with E-state index in [4.69, 9.17) is 0 Å². The van der Waals surface area contributed by atoms with Crippen LogP contribution in [0.2, 0.25) is 0 Å². The van der Waals surface area contributed by atoms with Crippen LogP contribution in [-0.4, -0.2) is 0 Å². The van der Waals surface area contributed by atoms with E-state index in [0.717, 1.165) is 101 Å². The minimum Gasteiger partial charge on any atom is -0.311 e. The summed E-state index contributed by atoms with van der Waals surface area (Å²) >= 11 is 0. The van der Waals surface area contributed by atoms with Gasteiger partial charge in [-0.2, -0.15) is 0 Å². The van der Waals surface area contributed by atoms with Crippen molar-refractivity contribution in [1.29, 1.82) is 0 Å². The molecule has 136 heavy (non-hydrogen) atoms. The van der Waals surface area contributed by atoms with Crippen LogP contribution in [0.1, 0.15) is 100 Å². The smallest absolute Gasteiger partial charge is 0.0462 e. The Bertz CT molecular complexity index is 6710. The fourth-order valence-electron chi connectivity index (χ4n) is 16.2. The number of nitrogens with zero attached hydrogens (tertiary/aromatic N) is 3. The van der Waals surface area contributed by atoms with Crippen molar-refractivity contribution in [2.24, 2.45) is 0 Å². The Labute approximate surface area is 803 Å². The van der Waals surface area contributed by atoms with E-state index in [1.54, 1.807) is 0 Å². The van der Waals surface area contributed by atoms with Gasteiger partial charge in [-0.1, -0.05) is 515 Å². The van der Waals surface area contributed by atoms with Gasteiger partial charge in [0.1, 0.15) is 0 Å². The topological polar surface area (TPSA) is 9.72 Å². The first-order chi connectivity index (χ1) is 67.3. The predicted octanol–water partition coefficient (Wildman–Crippen LogP) is 36.3. The van der Waals surface area contributed by atoms with Crippen LogP contribution in [0.3, 0.4) is 0 Å². The van der Waals surface area contributed by atoms with Crippen molar-refractivity contribution in [3.8, 4) is 0 Å². The molecule has 0 saturated heterocycles. The van der Waals surface area contributed by atoms with Crippen LogP contribution in [0.25, 0.3) is 83.6 Å². The molecule has 0 bridgehead atoms. The van der Waals surface area contributed by atoms with Gasteiger partial charge in [0, 0.05) is 51.2 Å². The summed E-state index contributed by atoms with van der Waals surface area (Å²) in [4.78, 5) is 6.92. The first-order valence-electron chi connectivity index (χ1n) is 46.3. The fourth-order valence-corrected chi connectivity index (χ4v) is 16.2. The molecule has 0 atom stereocenters. The zero-order chi connectivity index (χ0) is 92.2. The molecule has 0 aliphatic rings. The highest BCUT2D eigenvalue weighted by Crippen LogP contribution is 2.40. The molecule has 0 heterocycles. The minimum absolute atomic E-state index is 1.07. The number of hydrogen-bond donors (Lipinski definition) is 0. The lowest BCUT2D eigenvalue weighted by Gasteiger charge is -2.26. The molecule has 0 aliphatic heterocycles. The maximum absolute atomic E-state index is 2.32. The van der Waals surface area contributed by atoms with Gasteiger partial charge in [-0.05, 0) is 227 Å². The summed E-state index contributed by atoms with van der Waals surface area (Å²) in [5.41, 5.74) is 34.4. The molecule has 3 heteroatoms.